The average molecular weight is 254 g/mol. The van der Waals surface area contributed by atoms with Crippen molar-refractivity contribution in [2.24, 2.45) is 5.41 Å². The Kier molecular flexibility index (Phi) is 2.99. The van der Waals surface area contributed by atoms with E-state index in [0.717, 1.165) is 18.2 Å². The third-order valence-corrected chi connectivity index (χ3v) is 3.88. The monoisotopic (exact) mass is 254 g/mol. The molecule has 0 aliphatic heterocycles. The van der Waals surface area contributed by atoms with Gasteiger partial charge in [0.15, 0.2) is 5.16 Å². The summed E-state index contributed by atoms with van der Waals surface area (Å²) in [5.41, 5.74) is -0.123. The molecule has 2 rings (SSSR count). The predicted octanol–water partition coefficient (Wildman–Crippen LogP) is 1.39. The van der Waals surface area contributed by atoms with E-state index in [9.17, 15) is 9.59 Å². The maximum atomic E-state index is 11.2. The number of hydrogen-bond acceptors (Lipinski definition) is 4. The molecule has 92 valence electrons. The highest BCUT2D eigenvalue weighted by atomic mass is 32.2. The number of aromatic nitrogens is 2. The molecule has 1 N–H and O–H groups in total. The second-order valence-electron chi connectivity index (χ2n) is 4.85. The molecular formula is C11H14N2O3S. The van der Waals surface area contributed by atoms with Gasteiger partial charge in [-0.1, -0.05) is 25.6 Å². The summed E-state index contributed by atoms with van der Waals surface area (Å²) < 4.78 is 1.91. The summed E-state index contributed by atoms with van der Waals surface area (Å²) in [4.78, 5) is 25.6. The number of carbonyl (C=O) groups is 1. The summed E-state index contributed by atoms with van der Waals surface area (Å²) in [5, 5.41) is 9.15. The van der Waals surface area contributed by atoms with Gasteiger partial charge in [-0.3, -0.25) is 9.59 Å². The number of thioether (sulfide) groups is 1. The molecule has 0 saturated heterocycles. The first kappa shape index (κ1) is 12.2. The van der Waals surface area contributed by atoms with Gasteiger partial charge in [-0.15, -0.1) is 0 Å². The van der Waals surface area contributed by atoms with E-state index in [2.05, 4.69) is 18.8 Å². The molecule has 0 radical (unpaired) electrons. The zero-order valence-electron chi connectivity index (χ0n) is 9.71. The summed E-state index contributed by atoms with van der Waals surface area (Å²) >= 11 is 1.09. The van der Waals surface area contributed by atoms with E-state index in [1.807, 2.05) is 4.57 Å². The molecule has 1 aliphatic rings. The van der Waals surface area contributed by atoms with Gasteiger partial charge in [0.1, 0.15) is 0 Å². The van der Waals surface area contributed by atoms with Crippen molar-refractivity contribution in [3.8, 4) is 0 Å². The van der Waals surface area contributed by atoms with Gasteiger partial charge in [0.25, 0.3) is 5.56 Å². The van der Waals surface area contributed by atoms with Gasteiger partial charge in [-0.25, -0.2) is 0 Å². The topological polar surface area (TPSA) is 72.2 Å². The number of hydrogen-bond donors (Lipinski definition) is 1. The van der Waals surface area contributed by atoms with Crippen molar-refractivity contribution in [1.29, 1.82) is 0 Å². The molecule has 0 amide bonds. The Labute approximate surface area is 103 Å². The van der Waals surface area contributed by atoms with Crippen molar-refractivity contribution < 1.29 is 9.90 Å². The normalized spacial score (nSPS) is 21.2. The van der Waals surface area contributed by atoms with Gasteiger partial charge in [0.2, 0.25) is 0 Å². The molecule has 0 bridgehead atoms. The van der Waals surface area contributed by atoms with Gasteiger partial charge < -0.3 is 9.67 Å². The van der Waals surface area contributed by atoms with Crippen molar-refractivity contribution in [2.45, 2.75) is 31.5 Å². The highest BCUT2D eigenvalue weighted by molar-refractivity contribution is 7.99. The lowest BCUT2D eigenvalue weighted by Crippen LogP contribution is -2.15. The van der Waals surface area contributed by atoms with E-state index >= 15 is 0 Å². The first-order valence-corrected chi connectivity index (χ1v) is 6.32. The maximum absolute atomic E-state index is 11.2. The molecule has 1 fully saturated rings. The third kappa shape index (κ3) is 2.69. The van der Waals surface area contributed by atoms with Crippen molar-refractivity contribution >= 4 is 17.7 Å². The molecule has 0 aromatic carbocycles. The van der Waals surface area contributed by atoms with Crippen LogP contribution in [0.25, 0.3) is 0 Å². The van der Waals surface area contributed by atoms with Gasteiger partial charge >= 0.3 is 5.97 Å². The van der Waals surface area contributed by atoms with Crippen LogP contribution in [0.3, 0.4) is 0 Å². The summed E-state index contributed by atoms with van der Waals surface area (Å²) in [7, 11) is 0. The molecule has 6 heteroatoms. The van der Waals surface area contributed by atoms with Crippen molar-refractivity contribution in [3.05, 3.63) is 22.6 Å². The Morgan fingerprint density at radius 1 is 1.71 bits per heavy atom. The summed E-state index contributed by atoms with van der Waals surface area (Å²) in [6, 6.07) is 1.73. The van der Waals surface area contributed by atoms with Crippen LogP contribution in [0.4, 0.5) is 0 Å². The van der Waals surface area contributed by atoms with E-state index < -0.39 is 5.97 Å². The van der Waals surface area contributed by atoms with Crippen LogP contribution in [0.5, 0.6) is 0 Å². The number of carboxylic acid groups (broad SMARTS) is 1. The standard InChI is InChI=1S/C11H14N2O3S/c1-11(2)5-7(11)13-4-3-8(14)12-10(13)17-6-9(15)16/h3-4,7H,5-6H2,1-2H3,(H,15,16). The fraction of sp³-hybridized carbons (Fsp3) is 0.545. The fourth-order valence-electron chi connectivity index (χ4n) is 1.78. The van der Waals surface area contributed by atoms with Crippen LogP contribution >= 0.6 is 11.8 Å². The Bertz CT molecular complexity index is 510. The zero-order chi connectivity index (χ0) is 12.6. The summed E-state index contributed by atoms with van der Waals surface area (Å²) in [6.07, 6.45) is 2.73. The number of rotatable bonds is 4. The summed E-state index contributed by atoms with van der Waals surface area (Å²) in [5.74, 6) is -0.987. The maximum Gasteiger partial charge on any atom is 0.313 e. The fourth-order valence-corrected chi connectivity index (χ4v) is 2.53. The van der Waals surface area contributed by atoms with E-state index in [1.54, 1.807) is 6.20 Å². The van der Waals surface area contributed by atoms with E-state index in [1.165, 1.54) is 6.07 Å². The van der Waals surface area contributed by atoms with Crippen LogP contribution in [0.2, 0.25) is 0 Å². The minimum atomic E-state index is -0.908. The van der Waals surface area contributed by atoms with E-state index in [-0.39, 0.29) is 16.7 Å². The third-order valence-electron chi connectivity index (χ3n) is 2.93. The van der Waals surface area contributed by atoms with Crippen LogP contribution in [-0.4, -0.2) is 26.4 Å². The van der Waals surface area contributed by atoms with E-state index in [0.29, 0.717) is 11.2 Å². The average Bonchev–Trinajstić information content (AvgIpc) is 2.84. The molecule has 1 saturated carbocycles. The predicted molar refractivity (Wildman–Crippen MR) is 64.3 cm³/mol. The smallest absolute Gasteiger partial charge is 0.313 e. The Morgan fingerprint density at radius 2 is 2.35 bits per heavy atom. The summed E-state index contributed by atoms with van der Waals surface area (Å²) in [6.45, 7) is 4.28. The molecule has 1 atom stereocenters. The minimum Gasteiger partial charge on any atom is -0.481 e. The number of carboxylic acids is 1. The van der Waals surface area contributed by atoms with Gasteiger partial charge in [0, 0.05) is 18.3 Å². The first-order valence-electron chi connectivity index (χ1n) is 5.34. The molecule has 1 aromatic rings. The highest BCUT2D eigenvalue weighted by Gasteiger charge is 2.47. The van der Waals surface area contributed by atoms with Crippen LogP contribution < -0.4 is 5.56 Å². The van der Waals surface area contributed by atoms with Crippen LogP contribution in [0, 0.1) is 5.41 Å². The quantitative estimate of drug-likeness (QED) is 0.649. The number of nitrogens with zero attached hydrogens (tertiary/aromatic N) is 2. The Hall–Kier alpha value is -1.30. The largest absolute Gasteiger partial charge is 0.481 e. The Balaban J connectivity index is 2.26. The van der Waals surface area contributed by atoms with Crippen molar-refractivity contribution in [2.75, 3.05) is 5.75 Å². The molecule has 0 spiro atoms. The first-order chi connectivity index (χ1) is 7.90. The SMILES string of the molecule is CC1(C)CC1n1ccc(=O)nc1SCC(=O)O. The van der Waals surface area contributed by atoms with Gasteiger partial charge in [-0.2, -0.15) is 4.98 Å². The lowest BCUT2D eigenvalue weighted by molar-refractivity contribution is -0.133. The van der Waals surface area contributed by atoms with Crippen LogP contribution in [0.15, 0.2) is 22.2 Å². The molecule has 17 heavy (non-hydrogen) atoms. The highest BCUT2D eigenvalue weighted by Crippen LogP contribution is 2.56. The molecule has 5 nitrogen and oxygen atoms in total. The van der Waals surface area contributed by atoms with E-state index in [4.69, 9.17) is 5.11 Å². The lowest BCUT2D eigenvalue weighted by atomic mass is 10.2. The van der Waals surface area contributed by atoms with Crippen molar-refractivity contribution in [1.82, 2.24) is 9.55 Å². The lowest BCUT2D eigenvalue weighted by Gasteiger charge is -2.12. The van der Waals surface area contributed by atoms with Crippen LogP contribution in [0.1, 0.15) is 26.3 Å². The van der Waals surface area contributed by atoms with Gasteiger partial charge in [-0.05, 0) is 11.8 Å². The second kappa shape index (κ2) is 4.18. The minimum absolute atomic E-state index is 0.0798. The molecule has 1 unspecified atom stereocenters. The Morgan fingerprint density at radius 3 is 2.88 bits per heavy atom. The number of aliphatic carboxylic acids is 1. The second-order valence-corrected chi connectivity index (χ2v) is 5.79. The zero-order valence-corrected chi connectivity index (χ0v) is 10.5. The van der Waals surface area contributed by atoms with Crippen LogP contribution in [-0.2, 0) is 4.79 Å². The van der Waals surface area contributed by atoms with Crippen molar-refractivity contribution in [3.63, 3.8) is 0 Å². The molecule has 1 aliphatic carbocycles. The molecular weight excluding hydrogens is 240 g/mol. The molecule has 1 heterocycles. The van der Waals surface area contributed by atoms with Gasteiger partial charge in [0.05, 0.1) is 5.75 Å². The molecule has 1 aromatic heterocycles.